The van der Waals surface area contributed by atoms with E-state index in [1.165, 1.54) is 0 Å². The van der Waals surface area contributed by atoms with Crippen molar-refractivity contribution >= 4 is 11.8 Å². The molecule has 1 fully saturated rings. The summed E-state index contributed by atoms with van der Waals surface area (Å²) in [4.78, 5) is 32.0. The standard InChI is InChI=1S/C21H27N3O3/c1-15-14-19(16(2)22-15)21(26)24-12-10-23(11-13-24)20(25)9-6-17-4-7-18(27-3)8-5-17/h4-5,7-8,14,22H,6,9-13H2,1-3H3. The number of amides is 2. The number of hydrogen-bond donors (Lipinski definition) is 1. The number of nitrogens with zero attached hydrogens (tertiary/aromatic N) is 2. The normalized spacial score (nSPS) is 14.3. The monoisotopic (exact) mass is 369 g/mol. The lowest BCUT2D eigenvalue weighted by Crippen LogP contribution is -2.50. The smallest absolute Gasteiger partial charge is 0.255 e. The summed E-state index contributed by atoms with van der Waals surface area (Å²) in [5.74, 6) is 1.01. The summed E-state index contributed by atoms with van der Waals surface area (Å²) in [5, 5.41) is 0. The highest BCUT2D eigenvalue weighted by molar-refractivity contribution is 5.95. The van der Waals surface area contributed by atoms with Crippen LogP contribution in [0.4, 0.5) is 0 Å². The molecule has 2 heterocycles. The number of benzene rings is 1. The third-order valence-corrected chi connectivity index (χ3v) is 5.09. The quantitative estimate of drug-likeness (QED) is 0.881. The number of carbonyl (C=O) groups is 2. The average molecular weight is 369 g/mol. The lowest BCUT2D eigenvalue weighted by Gasteiger charge is -2.35. The van der Waals surface area contributed by atoms with Crippen LogP contribution in [0.2, 0.25) is 0 Å². The van der Waals surface area contributed by atoms with Crippen LogP contribution in [0.5, 0.6) is 5.75 Å². The number of methoxy groups -OCH3 is 1. The molecule has 144 valence electrons. The summed E-state index contributed by atoms with van der Waals surface area (Å²) in [6.07, 6.45) is 1.19. The van der Waals surface area contributed by atoms with E-state index in [1.54, 1.807) is 7.11 Å². The zero-order valence-electron chi connectivity index (χ0n) is 16.2. The topological polar surface area (TPSA) is 65.6 Å². The molecule has 1 aliphatic heterocycles. The third-order valence-electron chi connectivity index (χ3n) is 5.09. The van der Waals surface area contributed by atoms with Crippen molar-refractivity contribution in [2.75, 3.05) is 33.3 Å². The highest BCUT2D eigenvalue weighted by Gasteiger charge is 2.26. The molecule has 2 aromatic rings. The minimum atomic E-state index is 0.0437. The first kappa shape index (κ1) is 19.0. The van der Waals surface area contributed by atoms with Crippen molar-refractivity contribution < 1.29 is 14.3 Å². The van der Waals surface area contributed by atoms with Gasteiger partial charge in [0.2, 0.25) is 5.91 Å². The van der Waals surface area contributed by atoms with Gasteiger partial charge in [0.1, 0.15) is 5.75 Å². The van der Waals surface area contributed by atoms with Gasteiger partial charge in [-0.3, -0.25) is 9.59 Å². The maximum absolute atomic E-state index is 12.7. The predicted octanol–water partition coefficient (Wildman–Crippen LogP) is 2.56. The number of carbonyl (C=O) groups excluding carboxylic acids is 2. The number of rotatable bonds is 5. The van der Waals surface area contributed by atoms with Gasteiger partial charge < -0.3 is 19.5 Å². The van der Waals surface area contributed by atoms with Crippen LogP contribution < -0.4 is 4.74 Å². The molecule has 0 bridgehead atoms. The third kappa shape index (κ3) is 4.51. The lowest BCUT2D eigenvalue weighted by atomic mass is 10.1. The highest BCUT2D eigenvalue weighted by Crippen LogP contribution is 2.16. The van der Waals surface area contributed by atoms with Crippen molar-refractivity contribution in [2.24, 2.45) is 0 Å². The average Bonchev–Trinajstić information content (AvgIpc) is 3.04. The molecule has 1 N–H and O–H groups in total. The molecular weight excluding hydrogens is 342 g/mol. The Balaban J connectivity index is 1.48. The van der Waals surface area contributed by atoms with E-state index in [9.17, 15) is 9.59 Å². The molecule has 6 heteroatoms. The number of piperazine rings is 1. The summed E-state index contributed by atoms with van der Waals surface area (Å²) < 4.78 is 5.15. The number of H-pyrrole nitrogens is 1. The van der Waals surface area contributed by atoms with Gasteiger partial charge in [0.15, 0.2) is 0 Å². The van der Waals surface area contributed by atoms with Crippen molar-refractivity contribution in [1.29, 1.82) is 0 Å². The van der Waals surface area contributed by atoms with Gasteiger partial charge in [-0.15, -0.1) is 0 Å². The molecule has 1 saturated heterocycles. The molecular formula is C21H27N3O3. The Labute approximate surface area is 160 Å². The van der Waals surface area contributed by atoms with E-state index in [0.717, 1.165) is 28.3 Å². The van der Waals surface area contributed by atoms with Gasteiger partial charge in [0, 0.05) is 44.0 Å². The number of aromatic amines is 1. The lowest BCUT2D eigenvalue weighted by molar-refractivity contribution is -0.132. The van der Waals surface area contributed by atoms with Crippen LogP contribution >= 0.6 is 0 Å². The van der Waals surface area contributed by atoms with Gasteiger partial charge in [-0.25, -0.2) is 0 Å². The Bertz CT molecular complexity index is 803. The van der Waals surface area contributed by atoms with Crippen LogP contribution in [0, 0.1) is 13.8 Å². The van der Waals surface area contributed by atoms with Gasteiger partial charge >= 0.3 is 0 Å². The molecule has 0 atom stereocenters. The number of ether oxygens (including phenoxy) is 1. The van der Waals surface area contributed by atoms with Crippen LogP contribution in [-0.4, -0.2) is 59.9 Å². The fourth-order valence-corrected chi connectivity index (χ4v) is 3.48. The van der Waals surface area contributed by atoms with Gasteiger partial charge in [0.05, 0.1) is 12.7 Å². The van der Waals surface area contributed by atoms with Gasteiger partial charge in [0.25, 0.3) is 5.91 Å². The number of nitrogens with one attached hydrogen (secondary N) is 1. The van der Waals surface area contributed by atoms with E-state index in [-0.39, 0.29) is 11.8 Å². The summed E-state index contributed by atoms with van der Waals surface area (Å²) in [6.45, 7) is 6.21. The van der Waals surface area contributed by atoms with Gasteiger partial charge in [-0.1, -0.05) is 12.1 Å². The molecule has 0 spiro atoms. The van der Waals surface area contributed by atoms with Crippen LogP contribution in [0.3, 0.4) is 0 Å². The Morgan fingerprint density at radius 3 is 2.22 bits per heavy atom. The Morgan fingerprint density at radius 1 is 1.04 bits per heavy atom. The first-order valence-electron chi connectivity index (χ1n) is 9.34. The fourth-order valence-electron chi connectivity index (χ4n) is 3.48. The molecule has 0 saturated carbocycles. The van der Waals surface area contributed by atoms with Crippen LogP contribution in [0.15, 0.2) is 30.3 Å². The summed E-state index contributed by atoms with van der Waals surface area (Å²) in [7, 11) is 1.64. The second kappa shape index (κ2) is 8.29. The minimum Gasteiger partial charge on any atom is -0.497 e. The van der Waals surface area contributed by atoms with E-state index in [4.69, 9.17) is 4.74 Å². The Morgan fingerprint density at radius 2 is 1.67 bits per heavy atom. The van der Waals surface area contributed by atoms with Gasteiger partial charge in [-0.05, 0) is 44.0 Å². The molecule has 0 aliphatic carbocycles. The Hall–Kier alpha value is -2.76. The molecule has 3 rings (SSSR count). The molecule has 6 nitrogen and oxygen atoms in total. The van der Waals surface area contributed by atoms with E-state index < -0.39 is 0 Å². The van der Waals surface area contributed by atoms with Crippen molar-refractivity contribution in [3.05, 3.63) is 52.8 Å². The second-order valence-corrected chi connectivity index (χ2v) is 7.01. The fraction of sp³-hybridized carbons (Fsp3) is 0.429. The van der Waals surface area contributed by atoms with Crippen molar-refractivity contribution in [3.63, 3.8) is 0 Å². The van der Waals surface area contributed by atoms with Gasteiger partial charge in [-0.2, -0.15) is 0 Å². The van der Waals surface area contributed by atoms with E-state index in [2.05, 4.69) is 4.98 Å². The van der Waals surface area contributed by atoms with Crippen molar-refractivity contribution in [2.45, 2.75) is 26.7 Å². The maximum atomic E-state index is 12.7. The first-order chi connectivity index (χ1) is 13.0. The zero-order chi connectivity index (χ0) is 19.4. The van der Waals surface area contributed by atoms with Crippen LogP contribution in [0.25, 0.3) is 0 Å². The van der Waals surface area contributed by atoms with E-state index in [1.807, 2.05) is 54.0 Å². The first-order valence-corrected chi connectivity index (χ1v) is 9.34. The summed E-state index contributed by atoms with van der Waals surface area (Å²) in [6, 6.07) is 9.70. The minimum absolute atomic E-state index is 0.0437. The summed E-state index contributed by atoms with van der Waals surface area (Å²) in [5.41, 5.74) is 3.74. The SMILES string of the molecule is COc1ccc(CCC(=O)N2CCN(C(=O)c3cc(C)[nH]c3C)CC2)cc1. The molecule has 0 unspecified atom stereocenters. The van der Waals surface area contributed by atoms with Crippen molar-refractivity contribution in [3.8, 4) is 5.75 Å². The predicted molar refractivity (Wildman–Crippen MR) is 104 cm³/mol. The van der Waals surface area contributed by atoms with E-state index in [0.29, 0.717) is 39.0 Å². The molecule has 1 aromatic heterocycles. The Kier molecular flexibility index (Phi) is 5.84. The summed E-state index contributed by atoms with van der Waals surface area (Å²) >= 11 is 0. The largest absolute Gasteiger partial charge is 0.497 e. The molecule has 0 radical (unpaired) electrons. The molecule has 27 heavy (non-hydrogen) atoms. The molecule has 2 amide bonds. The molecule has 1 aliphatic rings. The second-order valence-electron chi connectivity index (χ2n) is 7.01. The van der Waals surface area contributed by atoms with E-state index >= 15 is 0 Å². The number of aryl methyl sites for hydroxylation is 3. The van der Waals surface area contributed by atoms with Crippen LogP contribution in [0.1, 0.15) is 33.7 Å². The van der Waals surface area contributed by atoms with Crippen molar-refractivity contribution in [1.82, 2.24) is 14.8 Å². The number of hydrogen-bond acceptors (Lipinski definition) is 3. The zero-order valence-corrected chi connectivity index (χ0v) is 16.2. The molecule has 1 aromatic carbocycles. The van der Waals surface area contributed by atoms with Crippen LogP contribution in [-0.2, 0) is 11.2 Å². The maximum Gasteiger partial charge on any atom is 0.255 e. The number of aromatic nitrogens is 1. The highest BCUT2D eigenvalue weighted by atomic mass is 16.5.